The number of carboxylic acid groups (broad SMARTS) is 1. The number of aliphatic hydroxyl groups excluding tert-OH is 3. The largest absolute Gasteiger partial charge is 0.480 e. The average Bonchev–Trinajstić information content (AvgIpc) is 4.11. The van der Waals surface area contributed by atoms with Crippen molar-refractivity contribution in [1.29, 1.82) is 0 Å². The summed E-state index contributed by atoms with van der Waals surface area (Å²) in [6.07, 6.45) is -0.632. The summed E-state index contributed by atoms with van der Waals surface area (Å²) in [7, 11) is 0. The molecule has 12 atom stereocenters. The topological polar surface area (TPSA) is 360 Å². The van der Waals surface area contributed by atoms with Gasteiger partial charge in [0, 0.05) is 25.4 Å². The van der Waals surface area contributed by atoms with Crippen molar-refractivity contribution < 1.29 is 68.4 Å². The van der Waals surface area contributed by atoms with Crippen molar-refractivity contribution in [2.45, 2.75) is 186 Å². The summed E-state index contributed by atoms with van der Waals surface area (Å²) in [5.41, 5.74) is 5.63. The van der Waals surface area contributed by atoms with Gasteiger partial charge in [0.1, 0.15) is 60.4 Å². The number of carbonyl (C=O) groups is 10. The number of thiol groups is 1. The van der Waals surface area contributed by atoms with Crippen LogP contribution in [0.2, 0.25) is 0 Å². The zero-order valence-electron chi connectivity index (χ0n) is 42.8. The molecule has 72 heavy (non-hydrogen) atoms. The van der Waals surface area contributed by atoms with Crippen molar-refractivity contribution in [2.24, 2.45) is 23.5 Å². The predicted molar refractivity (Wildman–Crippen MR) is 264 cm³/mol. The molecule has 3 aliphatic rings. The van der Waals surface area contributed by atoms with Gasteiger partial charge in [-0.05, 0) is 89.4 Å². The van der Waals surface area contributed by atoms with E-state index in [2.05, 4.69) is 44.5 Å². The van der Waals surface area contributed by atoms with Gasteiger partial charge in [0.05, 0.1) is 18.8 Å². The van der Waals surface area contributed by atoms with Crippen LogP contribution in [-0.4, -0.2) is 199 Å². The van der Waals surface area contributed by atoms with E-state index in [1.54, 1.807) is 41.5 Å². The minimum Gasteiger partial charge on any atom is -0.480 e. The third-order valence-electron chi connectivity index (χ3n) is 12.9. The van der Waals surface area contributed by atoms with Crippen LogP contribution in [0.3, 0.4) is 0 Å². The number of nitrogens with two attached hydrogens (primary N) is 1. The standard InChI is InChI=1S/C47H80N10O14S/c1-23(2)18-29(50-39(62)30(19-24(3)4)51-43(66)36(26(7)59)53-41(64)31(20-25(5)6)49-38(61)28(48)21-58)40(63)52-32(22-72)44(67)56-16-10-13-34(56)45(68)55-15-9-12-33(55)42(65)54-37(27(8)60)46(69)57-17-11-14-35(57)47(70)71/h23-37,58-60,72H,9-22,48H2,1-8H3,(H,49,61)(H,50,62)(H,51,66)(H,52,63)(H,53,64)(H,54,65)(H,70,71)/t26-,27-,28+,29+,30+,31+,32+,33+,34+,35+,36+,37+/m1/s1. The number of rotatable bonds is 26. The van der Waals surface area contributed by atoms with Gasteiger partial charge in [-0.15, -0.1) is 0 Å². The molecule has 9 amide bonds. The third-order valence-corrected chi connectivity index (χ3v) is 13.3. The Morgan fingerprint density at radius 3 is 1.38 bits per heavy atom. The number of nitrogens with zero attached hydrogens (tertiary/aromatic N) is 3. The van der Waals surface area contributed by atoms with Crippen LogP contribution >= 0.6 is 12.6 Å². The van der Waals surface area contributed by atoms with E-state index in [9.17, 15) is 68.4 Å². The number of hydrogen-bond donors (Lipinski definition) is 12. The van der Waals surface area contributed by atoms with Crippen LogP contribution in [0.4, 0.5) is 0 Å². The molecule has 0 aliphatic carbocycles. The lowest BCUT2D eigenvalue weighted by molar-refractivity contribution is -0.151. The van der Waals surface area contributed by atoms with Gasteiger partial charge in [-0.3, -0.25) is 43.2 Å². The average molecular weight is 1040 g/mol. The monoisotopic (exact) mass is 1040 g/mol. The predicted octanol–water partition coefficient (Wildman–Crippen LogP) is -2.90. The fourth-order valence-corrected chi connectivity index (χ4v) is 9.45. The van der Waals surface area contributed by atoms with Crippen LogP contribution in [0.5, 0.6) is 0 Å². The number of aliphatic carboxylic acids is 1. The van der Waals surface area contributed by atoms with Gasteiger partial charge < -0.3 is 72.8 Å². The summed E-state index contributed by atoms with van der Waals surface area (Å²) < 4.78 is 0. The maximum absolute atomic E-state index is 14.2. The summed E-state index contributed by atoms with van der Waals surface area (Å²) in [4.78, 5) is 139. The summed E-state index contributed by atoms with van der Waals surface area (Å²) >= 11 is 4.36. The molecule has 408 valence electrons. The lowest BCUT2D eigenvalue weighted by Crippen LogP contribution is -2.62. The molecule has 12 N–H and O–H groups in total. The molecule has 0 bridgehead atoms. The van der Waals surface area contributed by atoms with Crippen LogP contribution in [0.25, 0.3) is 0 Å². The van der Waals surface area contributed by atoms with Gasteiger partial charge in [-0.2, -0.15) is 12.6 Å². The number of aliphatic hydroxyl groups is 3. The molecule has 0 saturated carbocycles. The lowest BCUT2D eigenvalue weighted by Gasteiger charge is -2.34. The zero-order valence-corrected chi connectivity index (χ0v) is 43.7. The molecule has 3 rings (SSSR count). The van der Waals surface area contributed by atoms with E-state index in [4.69, 9.17) is 5.73 Å². The molecular formula is C47H80N10O14S. The molecule has 3 saturated heterocycles. The van der Waals surface area contributed by atoms with E-state index in [1.807, 2.05) is 0 Å². The van der Waals surface area contributed by atoms with Gasteiger partial charge in [-0.25, -0.2) is 4.79 Å². The molecule has 0 radical (unpaired) electrons. The van der Waals surface area contributed by atoms with E-state index >= 15 is 0 Å². The molecule has 25 heteroatoms. The van der Waals surface area contributed by atoms with Crippen LogP contribution in [0.15, 0.2) is 0 Å². The minimum atomic E-state index is -1.60. The summed E-state index contributed by atoms with van der Waals surface area (Å²) in [5.74, 6) is -8.61. The fraction of sp³-hybridized carbons (Fsp3) is 0.787. The molecule has 3 fully saturated rings. The van der Waals surface area contributed by atoms with Gasteiger partial charge in [0.15, 0.2) is 0 Å². The summed E-state index contributed by atoms with van der Waals surface area (Å²) in [6.45, 7) is 13.1. The smallest absolute Gasteiger partial charge is 0.326 e. The quantitative estimate of drug-likeness (QED) is 0.0387. The van der Waals surface area contributed by atoms with Crippen LogP contribution in [0, 0.1) is 17.8 Å². The second-order valence-corrected chi connectivity index (χ2v) is 20.8. The summed E-state index contributed by atoms with van der Waals surface area (Å²) in [5, 5.41) is 55.6. The Balaban J connectivity index is 1.76. The Morgan fingerprint density at radius 2 is 0.931 bits per heavy atom. The van der Waals surface area contributed by atoms with Crippen LogP contribution in [-0.2, 0) is 47.9 Å². The highest BCUT2D eigenvalue weighted by Gasteiger charge is 2.46. The highest BCUT2D eigenvalue weighted by Crippen LogP contribution is 2.27. The Kier molecular flexibility index (Phi) is 24.1. The van der Waals surface area contributed by atoms with Gasteiger partial charge in [0.2, 0.25) is 53.2 Å². The van der Waals surface area contributed by atoms with Crippen molar-refractivity contribution in [3.8, 4) is 0 Å². The molecule has 3 heterocycles. The molecule has 24 nitrogen and oxygen atoms in total. The van der Waals surface area contributed by atoms with Crippen molar-refractivity contribution in [3.63, 3.8) is 0 Å². The molecular weight excluding hydrogens is 961 g/mol. The highest BCUT2D eigenvalue weighted by atomic mass is 32.1. The van der Waals surface area contributed by atoms with Crippen molar-refractivity contribution >= 4 is 71.8 Å². The lowest BCUT2D eigenvalue weighted by atomic mass is 9.99. The maximum atomic E-state index is 14.2. The summed E-state index contributed by atoms with van der Waals surface area (Å²) in [6, 6.07) is -12.6. The van der Waals surface area contributed by atoms with E-state index < -0.39 is 138 Å². The number of nitrogens with one attached hydrogen (secondary N) is 6. The SMILES string of the molecule is CC(C)C[C@H](NC(=O)[C@H](CC(C)C)NC(=O)[C@@H](NC(=O)[C@H](CC(C)C)NC(=O)[C@@H](N)CO)[C@@H](C)O)C(=O)N[C@@H](CS)C(=O)N1CCC[C@H]1C(=O)N1CCC[C@H]1C(=O)N[C@H](C(=O)N1CCC[C@H]1C(=O)O)[C@@H](C)O. The second-order valence-electron chi connectivity index (χ2n) is 20.5. The molecule has 0 unspecified atom stereocenters. The molecule has 0 aromatic carbocycles. The normalized spacial score (nSPS) is 21.7. The Hall–Kier alpha value is -5.11. The van der Waals surface area contributed by atoms with Crippen LogP contribution in [0.1, 0.15) is 113 Å². The van der Waals surface area contributed by atoms with E-state index in [0.29, 0.717) is 19.3 Å². The van der Waals surface area contributed by atoms with Crippen LogP contribution < -0.4 is 37.6 Å². The first-order valence-corrected chi connectivity index (χ1v) is 25.7. The molecule has 0 aromatic heterocycles. The van der Waals surface area contributed by atoms with Gasteiger partial charge in [-0.1, -0.05) is 41.5 Å². The number of amides is 9. The number of carbonyl (C=O) groups excluding carboxylic acids is 9. The molecule has 3 aliphatic heterocycles. The van der Waals surface area contributed by atoms with E-state index in [1.165, 1.54) is 23.6 Å². The zero-order chi connectivity index (χ0) is 54.3. The minimum absolute atomic E-state index is 0.0614. The number of hydrogen-bond acceptors (Lipinski definition) is 15. The van der Waals surface area contributed by atoms with E-state index in [0.717, 1.165) is 4.90 Å². The third kappa shape index (κ3) is 17.0. The van der Waals surface area contributed by atoms with E-state index in [-0.39, 0.29) is 81.7 Å². The highest BCUT2D eigenvalue weighted by molar-refractivity contribution is 7.80. The van der Waals surface area contributed by atoms with Gasteiger partial charge in [0.25, 0.3) is 0 Å². The van der Waals surface area contributed by atoms with Crippen molar-refractivity contribution in [1.82, 2.24) is 46.6 Å². The van der Waals surface area contributed by atoms with Gasteiger partial charge >= 0.3 is 5.97 Å². The number of carboxylic acids is 1. The van der Waals surface area contributed by atoms with Crippen molar-refractivity contribution in [3.05, 3.63) is 0 Å². The maximum Gasteiger partial charge on any atom is 0.326 e. The first kappa shape index (κ1) is 61.2. The first-order valence-electron chi connectivity index (χ1n) is 25.0. The van der Waals surface area contributed by atoms with Crippen molar-refractivity contribution in [2.75, 3.05) is 32.0 Å². The Bertz CT molecular complexity index is 1940. The second kappa shape index (κ2) is 28.4. The molecule has 0 aromatic rings. The molecule has 0 spiro atoms. The fourth-order valence-electron chi connectivity index (χ4n) is 9.21. The Morgan fingerprint density at radius 1 is 0.528 bits per heavy atom. The Labute approximate surface area is 426 Å². The number of likely N-dealkylation sites (tertiary alicyclic amines) is 3. The first-order chi connectivity index (χ1) is 33.7.